The van der Waals surface area contributed by atoms with Crippen molar-refractivity contribution in [3.05, 3.63) is 126 Å². The van der Waals surface area contributed by atoms with Crippen LogP contribution in [0.15, 0.2) is 115 Å². The fourth-order valence-electron chi connectivity index (χ4n) is 7.41. The van der Waals surface area contributed by atoms with Crippen LogP contribution in [0.25, 0.3) is 70.9 Å². The molecule has 0 spiro atoms. The van der Waals surface area contributed by atoms with E-state index >= 15 is 0 Å². The Kier molecular flexibility index (Phi) is 3.67. The van der Waals surface area contributed by atoms with Gasteiger partial charge in [-0.1, -0.05) is 98.8 Å². The number of nitrogens with zero attached hydrogens (tertiary/aromatic N) is 1. The Morgan fingerprint density at radius 1 is 0.500 bits per heavy atom. The van der Waals surface area contributed by atoms with Gasteiger partial charge in [0.05, 0.1) is 11.0 Å². The largest absolute Gasteiger partial charge is 0.309 e. The molecule has 1 nitrogen and oxygen atoms in total. The highest BCUT2D eigenvalue weighted by Gasteiger charge is 2.34. The number of aromatic nitrogens is 1. The number of benzene rings is 7. The lowest BCUT2D eigenvalue weighted by Crippen LogP contribution is -2.23. The summed E-state index contributed by atoms with van der Waals surface area (Å²) in [6.45, 7) is 4.79. The van der Waals surface area contributed by atoms with Gasteiger partial charge in [0.1, 0.15) is 0 Å². The van der Waals surface area contributed by atoms with Gasteiger partial charge < -0.3 is 4.57 Å². The first-order chi connectivity index (χ1) is 18.6. The van der Waals surface area contributed by atoms with Crippen molar-refractivity contribution in [3.8, 4) is 16.8 Å². The average molecular weight is 484 g/mol. The van der Waals surface area contributed by atoms with Gasteiger partial charge in [0.25, 0.3) is 0 Å². The van der Waals surface area contributed by atoms with Crippen molar-refractivity contribution in [2.24, 2.45) is 0 Å². The third-order valence-electron chi connectivity index (χ3n) is 9.09. The number of rotatable bonds is 1. The number of hydrogen-bond donors (Lipinski definition) is 0. The zero-order chi connectivity index (χ0) is 25.2. The van der Waals surface area contributed by atoms with Gasteiger partial charge in [0, 0.05) is 27.3 Å². The van der Waals surface area contributed by atoms with Crippen LogP contribution in [0.1, 0.15) is 25.0 Å². The molecule has 0 bridgehead atoms. The van der Waals surface area contributed by atoms with Gasteiger partial charge >= 0.3 is 0 Å². The van der Waals surface area contributed by atoms with Crippen LogP contribution in [0.3, 0.4) is 0 Å². The molecule has 1 aliphatic rings. The van der Waals surface area contributed by atoms with Crippen LogP contribution in [0.4, 0.5) is 0 Å². The lowest BCUT2D eigenvalue weighted by Gasteiger charge is -2.36. The second-order valence-corrected chi connectivity index (χ2v) is 11.4. The third-order valence-corrected chi connectivity index (χ3v) is 9.09. The van der Waals surface area contributed by atoms with Crippen LogP contribution in [-0.2, 0) is 5.41 Å². The topological polar surface area (TPSA) is 4.93 Å². The van der Waals surface area contributed by atoms with Crippen LogP contribution in [0, 0.1) is 0 Å². The first kappa shape index (κ1) is 20.4. The molecule has 0 saturated carbocycles. The van der Waals surface area contributed by atoms with E-state index in [0.29, 0.717) is 0 Å². The fraction of sp³-hybridized carbons (Fsp3) is 0.0811. The summed E-state index contributed by atoms with van der Waals surface area (Å²) in [6.07, 6.45) is 0. The van der Waals surface area contributed by atoms with Gasteiger partial charge in [-0.25, -0.2) is 0 Å². The Morgan fingerprint density at radius 3 is 2.16 bits per heavy atom. The van der Waals surface area contributed by atoms with Gasteiger partial charge in [-0.3, -0.25) is 0 Å². The van der Waals surface area contributed by atoms with E-state index in [1.165, 1.54) is 82.1 Å². The van der Waals surface area contributed by atoms with Crippen LogP contribution in [0.2, 0.25) is 0 Å². The second kappa shape index (κ2) is 6.82. The summed E-state index contributed by atoms with van der Waals surface area (Å²) < 4.78 is 2.46. The predicted octanol–water partition coefficient (Wildman–Crippen LogP) is 9.99. The molecule has 7 aromatic carbocycles. The van der Waals surface area contributed by atoms with Crippen LogP contribution in [-0.4, -0.2) is 4.57 Å². The Morgan fingerprint density at radius 2 is 1.26 bits per heavy atom. The highest BCUT2D eigenvalue weighted by Crippen LogP contribution is 2.53. The minimum Gasteiger partial charge on any atom is -0.309 e. The molecule has 1 heteroatoms. The molecule has 38 heavy (non-hydrogen) atoms. The number of hydrogen-bond acceptors (Lipinski definition) is 0. The number of fused-ring (bicyclic) bond motifs is 6. The summed E-state index contributed by atoms with van der Waals surface area (Å²) in [7, 11) is 0. The Balaban J connectivity index is 1.57. The van der Waals surface area contributed by atoms with Gasteiger partial charge in [-0.2, -0.15) is 0 Å². The van der Waals surface area contributed by atoms with E-state index in [1.807, 2.05) is 0 Å². The lowest BCUT2D eigenvalue weighted by atomic mass is 9.67. The maximum Gasteiger partial charge on any atom is 0.0620 e. The van der Waals surface area contributed by atoms with E-state index < -0.39 is 0 Å². The maximum absolute atomic E-state index is 2.50. The molecule has 0 N–H and O–H groups in total. The van der Waals surface area contributed by atoms with E-state index in [0.717, 1.165) is 0 Å². The van der Waals surface area contributed by atoms with Gasteiger partial charge in [0.2, 0.25) is 0 Å². The first-order valence-corrected chi connectivity index (χ1v) is 13.5. The molecule has 0 amide bonds. The van der Waals surface area contributed by atoms with Crippen molar-refractivity contribution in [1.29, 1.82) is 0 Å². The summed E-state index contributed by atoms with van der Waals surface area (Å²) >= 11 is 0. The Hall–Kier alpha value is -4.62. The van der Waals surface area contributed by atoms with Crippen LogP contribution in [0.5, 0.6) is 0 Å². The monoisotopic (exact) mass is 483 g/mol. The highest BCUT2D eigenvalue weighted by atomic mass is 15.0. The minimum atomic E-state index is -0.0786. The molecular weight excluding hydrogens is 458 g/mol. The van der Waals surface area contributed by atoms with Crippen molar-refractivity contribution in [3.63, 3.8) is 0 Å². The molecule has 9 rings (SSSR count). The third kappa shape index (κ3) is 2.33. The standard InChI is InChI=1S/C37H25N/c1-37(2)30-14-8-6-12-25(30)27-18-16-22-17-19-28-33-23(21-31(37)35(27)34(22)33)20-29-26-13-7-9-15-32(26)38(36(28)29)24-10-4-3-5-11-24/h3-21H,1-2H3. The quantitative estimate of drug-likeness (QED) is 0.205. The summed E-state index contributed by atoms with van der Waals surface area (Å²) in [5.41, 5.74) is 9.24. The van der Waals surface area contributed by atoms with E-state index in [1.54, 1.807) is 0 Å². The Bertz CT molecular complexity index is 2250. The first-order valence-electron chi connectivity index (χ1n) is 13.5. The molecule has 8 aromatic rings. The maximum atomic E-state index is 2.50. The van der Waals surface area contributed by atoms with Gasteiger partial charge in [-0.15, -0.1) is 0 Å². The SMILES string of the molecule is CC1(C)c2ccccc2-c2ccc3ccc4c5c(cc1c2c35)cc1c2ccccc2n(-c2ccccc2)c14. The van der Waals surface area contributed by atoms with E-state index in [2.05, 4.69) is 134 Å². The van der Waals surface area contributed by atoms with Crippen molar-refractivity contribution < 1.29 is 0 Å². The zero-order valence-corrected chi connectivity index (χ0v) is 21.4. The molecule has 1 aliphatic carbocycles. The van der Waals surface area contributed by atoms with Gasteiger partial charge in [-0.05, 0) is 79.5 Å². The molecule has 1 aromatic heterocycles. The van der Waals surface area contributed by atoms with Crippen molar-refractivity contribution in [1.82, 2.24) is 4.57 Å². The lowest BCUT2D eigenvalue weighted by molar-refractivity contribution is 0.646. The van der Waals surface area contributed by atoms with E-state index in [-0.39, 0.29) is 5.41 Å². The summed E-state index contributed by atoms with van der Waals surface area (Å²) in [6, 6.07) is 43.0. The average Bonchev–Trinajstić information content (AvgIpc) is 3.29. The molecular formula is C37H25N. The summed E-state index contributed by atoms with van der Waals surface area (Å²) in [5, 5.41) is 10.8. The molecule has 1 heterocycles. The normalized spacial score (nSPS) is 14.3. The molecule has 0 saturated heterocycles. The second-order valence-electron chi connectivity index (χ2n) is 11.4. The molecule has 0 aliphatic heterocycles. The molecule has 178 valence electrons. The molecule has 0 radical (unpaired) electrons. The minimum absolute atomic E-state index is 0.0786. The van der Waals surface area contributed by atoms with Crippen LogP contribution >= 0.6 is 0 Å². The smallest absolute Gasteiger partial charge is 0.0620 e. The van der Waals surface area contributed by atoms with E-state index in [9.17, 15) is 0 Å². The van der Waals surface area contributed by atoms with Crippen molar-refractivity contribution in [2.45, 2.75) is 19.3 Å². The molecule has 0 unspecified atom stereocenters. The summed E-state index contributed by atoms with van der Waals surface area (Å²) in [4.78, 5) is 0. The zero-order valence-electron chi connectivity index (χ0n) is 21.4. The van der Waals surface area contributed by atoms with Crippen molar-refractivity contribution >= 4 is 54.1 Å². The molecule has 0 atom stereocenters. The highest BCUT2D eigenvalue weighted by molar-refractivity contribution is 6.33. The fourth-order valence-corrected chi connectivity index (χ4v) is 7.41. The molecule has 0 fully saturated rings. The predicted molar refractivity (Wildman–Crippen MR) is 162 cm³/mol. The van der Waals surface area contributed by atoms with E-state index in [4.69, 9.17) is 0 Å². The van der Waals surface area contributed by atoms with Gasteiger partial charge in [0.15, 0.2) is 0 Å². The number of para-hydroxylation sites is 2. The van der Waals surface area contributed by atoms with Crippen LogP contribution < -0.4 is 0 Å². The Labute approximate surface area is 220 Å². The van der Waals surface area contributed by atoms with Crippen molar-refractivity contribution in [2.75, 3.05) is 0 Å². The summed E-state index contributed by atoms with van der Waals surface area (Å²) in [5.74, 6) is 0.